The quantitative estimate of drug-likeness (QED) is 0.836. The smallest absolute Gasteiger partial charge is 0.317 e. The molecule has 7 heteroatoms. The third kappa shape index (κ3) is 3.98. The lowest BCUT2D eigenvalue weighted by atomic mass is 10.1. The van der Waals surface area contributed by atoms with Crippen LogP contribution >= 0.6 is 23.2 Å². The van der Waals surface area contributed by atoms with Gasteiger partial charge in [0.25, 0.3) is 0 Å². The number of urea groups is 1. The fourth-order valence-corrected chi connectivity index (χ4v) is 2.10. The van der Waals surface area contributed by atoms with Crippen LogP contribution in [-0.2, 0) is 0 Å². The molecule has 20 heavy (non-hydrogen) atoms. The lowest BCUT2D eigenvalue weighted by molar-refractivity contribution is 0.155. The number of nitrogens with zero attached hydrogens (tertiary/aromatic N) is 1. The Hall–Kier alpha value is -1.04. The van der Waals surface area contributed by atoms with E-state index in [0.717, 1.165) is 0 Å². The molecular formula is C13H17Cl2FN2O2. The van der Waals surface area contributed by atoms with Gasteiger partial charge in [-0.05, 0) is 31.5 Å². The molecule has 0 radical (unpaired) electrons. The summed E-state index contributed by atoms with van der Waals surface area (Å²) in [5.74, 6) is -0.593. The predicted octanol–water partition coefficient (Wildman–Crippen LogP) is 3.22. The molecule has 0 aliphatic heterocycles. The molecule has 0 saturated carbocycles. The van der Waals surface area contributed by atoms with Gasteiger partial charge in [-0.3, -0.25) is 0 Å². The first-order valence-corrected chi connectivity index (χ1v) is 6.82. The van der Waals surface area contributed by atoms with Crippen LogP contribution in [0.4, 0.5) is 9.18 Å². The first kappa shape index (κ1) is 17.0. The van der Waals surface area contributed by atoms with Crippen LogP contribution < -0.4 is 5.32 Å². The number of carbonyl (C=O) groups excluding carboxylic acids is 1. The molecule has 1 aromatic rings. The Kier molecular flexibility index (Phi) is 6.05. The van der Waals surface area contributed by atoms with Gasteiger partial charge >= 0.3 is 6.03 Å². The summed E-state index contributed by atoms with van der Waals surface area (Å²) in [4.78, 5) is 13.3. The molecule has 2 N–H and O–H groups in total. The van der Waals surface area contributed by atoms with Gasteiger partial charge < -0.3 is 15.3 Å². The number of benzene rings is 1. The molecule has 0 fully saturated rings. The number of aliphatic hydroxyl groups is 1. The van der Waals surface area contributed by atoms with Crippen molar-refractivity contribution < 1.29 is 14.3 Å². The van der Waals surface area contributed by atoms with Gasteiger partial charge in [0.1, 0.15) is 5.82 Å². The van der Waals surface area contributed by atoms with Crippen LogP contribution in [0.2, 0.25) is 10.0 Å². The molecule has 0 aliphatic rings. The number of likely N-dealkylation sites (N-methyl/N-ethyl adjacent to an activating group) is 1. The van der Waals surface area contributed by atoms with E-state index in [4.69, 9.17) is 28.3 Å². The average Bonchev–Trinajstić information content (AvgIpc) is 2.40. The second kappa shape index (κ2) is 7.11. The highest BCUT2D eigenvalue weighted by Crippen LogP contribution is 2.28. The first-order valence-electron chi connectivity index (χ1n) is 6.06. The van der Waals surface area contributed by atoms with Crippen LogP contribution in [-0.4, -0.2) is 35.7 Å². The molecule has 0 aromatic heterocycles. The van der Waals surface area contributed by atoms with Crippen molar-refractivity contribution in [3.05, 3.63) is 33.6 Å². The van der Waals surface area contributed by atoms with Crippen molar-refractivity contribution in [2.45, 2.75) is 25.9 Å². The highest BCUT2D eigenvalue weighted by Gasteiger charge is 2.19. The largest absolute Gasteiger partial charge is 0.394 e. The third-order valence-corrected chi connectivity index (χ3v) is 3.71. The fraction of sp³-hybridized carbons (Fsp3) is 0.462. The van der Waals surface area contributed by atoms with E-state index in [0.29, 0.717) is 5.56 Å². The molecule has 0 saturated heterocycles. The fourth-order valence-electron chi connectivity index (χ4n) is 1.56. The predicted molar refractivity (Wildman–Crippen MR) is 77.7 cm³/mol. The van der Waals surface area contributed by atoms with Crippen LogP contribution in [0.5, 0.6) is 0 Å². The van der Waals surface area contributed by atoms with Crippen LogP contribution in [0, 0.1) is 5.82 Å². The number of aliphatic hydroxyl groups excluding tert-OH is 1. The Bertz CT molecular complexity index is 500. The minimum Gasteiger partial charge on any atom is -0.394 e. The monoisotopic (exact) mass is 322 g/mol. The summed E-state index contributed by atoms with van der Waals surface area (Å²) in [6.07, 6.45) is 0. The van der Waals surface area contributed by atoms with E-state index >= 15 is 0 Å². The van der Waals surface area contributed by atoms with Crippen LogP contribution in [0.1, 0.15) is 25.5 Å². The standard InChI is InChI=1S/C13H17Cl2FN2O2/c1-7(6-19)18(3)13(20)17-8(2)9-4-12(16)11(15)5-10(9)14/h4-5,7-8,19H,6H2,1-3H3,(H,17,20)/t7-,8+/m0/s1. The molecule has 2 atom stereocenters. The first-order chi connectivity index (χ1) is 9.27. The molecular weight excluding hydrogens is 306 g/mol. The van der Waals surface area contributed by atoms with E-state index in [2.05, 4.69) is 5.32 Å². The molecule has 4 nitrogen and oxygen atoms in total. The molecule has 1 aromatic carbocycles. The number of hydrogen-bond donors (Lipinski definition) is 2. The Labute approximate surface area is 127 Å². The van der Waals surface area contributed by atoms with Gasteiger partial charge in [0, 0.05) is 12.1 Å². The van der Waals surface area contributed by atoms with Gasteiger partial charge in [-0.15, -0.1) is 0 Å². The maximum absolute atomic E-state index is 13.5. The van der Waals surface area contributed by atoms with Crippen molar-refractivity contribution in [2.75, 3.05) is 13.7 Å². The number of carbonyl (C=O) groups is 1. The van der Waals surface area contributed by atoms with Crippen molar-refractivity contribution in [2.24, 2.45) is 0 Å². The van der Waals surface area contributed by atoms with E-state index in [1.807, 2.05) is 0 Å². The summed E-state index contributed by atoms with van der Waals surface area (Å²) in [7, 11) is 1.56. The zero-order chi connectivity index (χ0) is 15.4. The van der Waals surface area contributed by atoms with Gasteiger partial charge in [0.05, 0.1) is 23.7 Å². The van der Waals surface area contributed by atoms with Gasteiger partial charge in [0.15, 0.2) is 0 Å². The van der Waals surface area contributed by atoms with Crippen LogP contribution in [0.3, 0.4) is 0 Å². The molecule has 0 heterocycles. The summed E-state index contributed by atoms with van der Waals surface area (Å²) in [5, 5.41) is 11.9. The van der Waals surface area contributed by atoms with E-state index in [1.54, 1.807) is 20.9 Å². The van der Waals surface area contributed by atoms with E-state index in [-0.39, 0.29) is 28.7 Å². The number of halogens is 3. The van der Waals surface area contributed by atoms with Crippen molar-refractivity contribution in [3.63, 3.8) is 0 Å². The number of hydrogen-bond acceptors (Lipinski definition) is 2. The molecule has 2 amide bonds. The maximum atomic E-state index is 13.5. The van der Waals surface area contributed by atoms with Gasteiger partial charge in [-0.1, -0.05) is 23.2 Å². The average molecular weight is 323 g/mol. The third-order valence-electron chi connectivity index (χ3n) is 3.09. The van der Waals surface area contributed by atoms with Crippen molar-refractivity contribution >= 4 is 29.2 Å². The second-order valence-corrected chi connectivity index (χ2v) is 5.42. The molecule has 0 spiro atoms. The van der Waals surface area contributed by atoms with Crippen molar-refractivity contribution in [1.29, 1.82) is 0 Å². The summed E-state index contributed by atoms with van der Waals surface area (Å²) in [6, 6.07) is 1.31. The highest BCUT2D eigenvalue weighted by atomic mass is 35.5. The van der Waals surface area contributed by atoms with Crippen molar-refractivity contribution in [1.82, 2.24) is 10.2 Å². The van der Waals surface area contributed by atoms with Gasteiger partial charge in [-0.25, -0.2) is 9.18 Å². The number of nitrogens with one attached hydrogen (secondary N) is 1. The number of rotatable bonds is 4. The molecule has 0 unspecified atom stereocenters. The Morgan fingerprint density at radius 3 is 2.55 bits per heavy atom. The lowest BCUT2D eigenvalue weighted by Crippen LogP contribution is -2.44. The Morgan fingerprint density at radius 2 is 2.00 bits per heavy atom. The zero-order valence-corrected chi connectivity index (χ0v) is 13.0. The van der Waals surface area contributed by atoms with Crippen molar-refractivity contribution in [3.8, 4) is 0 Å². The normalized spacial score (nSPS) is 13.8. The van der Waals surface area contributed by atoms with Gasteiger partial charge in [0.2, 0.25) is 0 Å². The van der Waals surface area contributed by atoms with Crippen LogP contribution in [0.15, 0.2) is 12.1 Å². The summed E-state index contributed by atoms with van der Waals surface area (Å²) < 4.78 is 13.5. The maximum Gasteiger partial charge on any atom is 0.317 e. The summed E-state index contributed by atoms with van der Waals surface area (Å²) in [5.41, 5.74) is 0.437. The molecule has 0 aliphatic carbocycles. The molecule has 112 valence electrons. The molecule has 0 bridgehead atoms. The Morgan fingerprint density at radius 1 is 1.40 bits per heavy atom. The summed E-state index contributed by atoms with van der Waals surface area (Å²) in [6.45, 7) is 3.25. The van der Waals surface area contributed by atoms with E-state index < -0.39 is 11.9 Å². The topological polar surface area (TPSA) is 52.6 Å². The van der Waals surface area contributed by atoms with E-state index in [9.17, 15) is 9.18 Å². The van der Waals surface area contributed by atoms with E-state index in [1.165, 1.54) is 17.0 Å². The minimum atomic E-state index is -0.593. The lowest BCUT2D eigenvalue weighted by Gasteiger charge is -2.26. The highest BCUT2D eigenvalue weighted by molar-refractivity contribution is 6.35. The van der Waals surface area contributed by atoms with Gasteiger partial charge in [-0.2, -0.15) is 0 Å². The zero-order valence-electron chi connectivity index (χ0n) is 11.5. The number of amides is 2. The van der Waals surface area contributed by atoms with Crippen LogP contribution in [0.25, 0.3) is 0 Å². The summed E-state index contributed by atoms with van der Waals surface area (Å²) >= 11 is 11.6. The molecule has 1 rings (SSSR count). The Balaban J connectivity index is 2.84. The SMILES string of the molecule is C[C@@H](NC(=O)N(C)[C@@H](C)CO)c1cc(F)c(Cl)cc1Cl. The second-order valence-electron chi connectivity index (χ2n) is 4.60. The minimum absolute atomic E-state index is 0.0664.